The number of benzene rings is 1. The maximum Gasteiger partial charge on any atom is 0.232 e. The van der Waals surface area contributed by atoms with Crippen molar-refractivity contribution in [3.8, 4) is 0 Å². The molecule has 19 heavy (non-hydrogen) atoms. The monoisotopic (exact) mass is 281 g/mol. The molecule has 0 radical (unpaired) electrons. The molecule has 0 saturated carbocycles. The molecule has 0 atom stereocenters. The van der Waals surface area contributed by atoms with Crippen LogP contribution in [-0.4, -0.2) is 41.2 Å². The third kappa shape index (κ3) is 3.80. The highest BCUT2D eigenvalue weighted by atomic mass is 32.2. The summed E-state index contributed by atoms with van der Waals surface area (Å²) in [5.74, 6) is -0.263. The SMILES string of the molecule is O=C(CSCC(=O)N1CCCC1)c1ccccc1F. The third-order valence-electron chi connectivity index (χ3n) is 3.09. The second kappa shape index (κ2) is 6.70. The molecule has 1 amide bonds. The minimum atomic E-state index is -0.501. The van der Waals surface area contributed by atoms with Crippen molar-refractivity contribution in [3.05, 3.63) is 35.6 Å². The minimum absolute atomic E-state index is 0.0730. The Kier molecular flexibility index (Phi) is 4.96. The van der Waals surface area contributed by atoms with Gasteiger partial charge in [-0.25, -0.2) is 4.39 Å². The molecule has 102 valence electrons. The molecule has 0 spiro atoms. The van der Waals surface area contributed by atoms with E-state index in [1.807, 2.05) is 4.90 Å². The number of carbonyl (C=O) groups excluding carboxylic acids is 2. The summed E-state index contributed by atoms with van der Waals surface area (Å²) < 4.78 is 13.4. The Morgan fingerprint density at radius 3 is 2.53 bits per heavy atom. The fraction of sp³-hybridized carbons (Fsp3) is 0.429. The van der Waals surface area contributed by atoms with Crippen LogP contribution in [-0.2, 0) is 4.79 Å². The van der Waals surface area contributed by atoms with Gasteiger partial charge in [-0.2, -0.15) is 0 Å². The lowest BCUT2D eigenvalue weighted by atomic mass is 10.1. The van der Waals surface area contributed by atoms with Crippen molar-refractivity contribution in [2.24, 2.45) is 0 Å². The minimum Gasteiger partial charge on any atom is -0.342 e. The zero-order valence-corrected chi connectivity index (χ0v) is 11.4. The van der Waals surface area contributed by atoms with Gasteiger partial charge >= 0.3 is 0 Å². The molecule has 0 bridgehead atoms. The normalized spacial score (nSPS) is 14.7. The zero-order chi connectivity index (χ0) is 13.7. The summed E-state index contributed by atoms with van der Waals surface area (Å²) in [6.07, 6.45) is 2.12. The van der Waals surface area contributed by atoms with E-state index in [-0.39, 0.29) is 23.0 Å². The van der Waals surface area contributed by atoms with E-state index in [1.54, 1.807) is 12.1 Å². The number of hydrogen-bond acceptors (Lipinski definition) is 3. The van der Waals surface area contributed by atoms with Crippen LogP contribution in [0, 0.1) is 5.82 Å². The van der Waals surface area contributed by atoms with Gasteiger partial charge in [0.25, 0.3) is 0 Å². The third-order valence-corrected chi connectivity index (χ3v) is 4.01. The number of amides is 1. The highest BCUT2D eigenvalue weighted by molar-refractivity contribution is 8.00. The number of carbonyl (C=O) groups is 2. The number of rotatable bonds is 5. The second-order valence-corrected chi connectivity index (χ2v) is 5.47. The molecule has 3 nitrogen and oxygen atoms in total. The molecule has 1 saturated heterocycles. The Morgan fingerprint density at radius 1 is 1.16 bits per heavy atom. The average molecular weight is 281 g/mol. The molecular formula is C14H16FNO2S. The van der Waals surface area contributed by atoms with E-state index in [0.29, 0.717) is 5.75 Å². The van der Waals surface area contributed by atoms with Gasteiger partial charge in [-0.1, -0.05) is 12.1 Å². The fourth-order valence-electron chi connectivity index (χ4n) is 2.05. The molecule has 1 aliphatic rings. The maximum atomic E-state index is 13.4. The van der Waals surface area contributed by atoms with E-state index >= 15 is 0 Å². The highest BCUT2D eigenvalue weighted by Gasteiger charge is 2.18. The number of likely N-dealkylation sites (tertiary alicyclic amines) is 1. The maximum absolute atomic E-state index is 13.4. The van der Waals surface area contributed by atoms with Crippen molar-refractivity contribution >= 4 is 23.5 Å². The van der Waals surface area contributed by atoms with Crippen LogP contribution in [0.25, 0.3) is 0 Å². The van der Waals surface area contributed by atoms with Crippen LogP contribution < -0.4 is 0 Å². The first-order valence-electron chi connectivity index (χ1n) is 6.32. The van der Waals surface area contributed by atoms with Gasteiger partial charge in [0, 0.05) is 13.1 Å². The Balaban J connectivity index is 1.78. The van der Waals surface area contributed by atoms with Crippen molar-refractivity contribution in [2.75, 3.05) is 24.6 Å². The van der Waals surface area contributed by atoms with E-state index in [0.717, 1.165) is 25.9 Å². The smallest absolute Gasteiger partial charge is 0.232 e. The molecule has 0 aromatic heterocycles. The van der Waals surface area contributed by atoms with E-state index in [2.05, 4.69) is 0 Å². The lowest BCUT2D eigenvalue weighted by Gasteiger charge is -2.14. The molecule has 1 heterocycles. The zero-order valence-electron chi connectivity index (χ0n) is 10.6. The van der Waals surface area contributed by atoms with Crippen LogP contribution >= 0.6 is 11.8 Å². The number of nitrogens with zero attached hydrogens (tertiary/aromatic N) is 1. The molecule has 1 aromatic rings. The Morgan fingerprint density at radius 2 is 1.84 bits per heavy atom. The van der Waals surface area contributed by atoms with Gasteiger partial charge in [-0.15, -0.1) is 11.8 Å². The molecular weight excluding hydrogens is 265 g/mol. The van der Waals surface area contributed by atoms with E-state index in [9.17, 15) is 14.0 Å². The molecule has 0 N–H and O–H groups in total. The fourth-order valence-corrected chi connectivity index (χ4v) is 2.85. The van der Waals surface area contributed by atoms with Crippen molar-refractivity contribution < 1.29 is 14.0 Å². The first-order valence-corrected chi connectivity index (χ1v) is 7.47. The van der Waals surface area contributed by atoms with E-state index < -0.39 is 5.82 Å². The number of hydrogen-bond donors (Lipinski definition) is 0. The molecule has 0 unspecified atom stereocenters. The Labute approximate surface area is 116 Å². The molecule has 5 heteroatoms. The second-order valence-electron chi connectivity index (χ2n) is 4.48. The van der Waals surface area contributed by atoms with Gasteiger partial charge < -0.3 is 4.90 Å². The van der Waals surface area contributed by atoms with E-state index in [4.69, 9.17) is 0 Å². The summed E-state index contributed by atoms with van der Waals surface area (Å²) >= 11 is 1.25. The van der Waals surface area contributed by atoms with Gasteiger partial charge in [0.15, 0.2) is 5.78 Å². The predicted molar refractivity (Wildman–Crippen MR) is 73.9 cm³/mol. The summed E-state index contributed by atoms with van der Waals surface area (Å²) in [7, 11) is 0. The average Bonchev–Trinajstić information content (AvgIpc) is 2.93. The first-order chi connectivity index (χ1) is 9.18. The van der Waals surface area contributed by atoms with Crippen molar-refractivity contribution in [3.63, 3.8) is 0 Å². The summed E-state index contributed by atoms with van der Waals surface area (Å²) in [5, 5.41) is 0. The highest BCUT2D eigenvalue weighted by Crippen LogP contribution is 2.13. The van der Waals surface area contributed by atoms with Gasteiger partial charge in [0.1, 0.15) is 5.82 Å². The van der Waals surface area contributed by atoms with Gasteiger partial charge in [0.05, 0.1) is 17.1 Å². The molecule has 1 aromatic carbocycles. The number of thioether (sulfide) groups is 1. The van der Waals surface area contributed by atoms with Crippen LogP contribution in [0.15, 0.2) is 24.3 Å². The Hall–Kier alpha value is -1.36. The standard InChI is InChI=1S/C14H16FNO2S/c15-12-6-2-1-5-11(12)13(17)9-19-10-14(18)16-7-3-4-8-16/h1-2,5-6H,3-4,7-10H2. The van der Waals surface area contributed by atoms with Gasteiger partial charge in [-0.3, -0.25) is 9.59 Å². The predicted octanol–water partition coefficient (Wildman–Crippen LogP) is 2.36. The lowest BCUT2D eigenvalue weighted by Crippen LogP contribution is -2.29. The first kappa shape index (κ1) is 14.1. The van der Waals surface area contributed by atoms with Crippen molar-refractivity contribution in [2.45, 2.75) is 12.8 Å². The van der Waals surface area contributed by atoms with Crippen LogP contribution in [0.3, 0.4) is 0 Å². The van der Waals surface area contributed by atoms with Crippen molar-refractivity contribution in [1.82, 2.24) is 4.90 Å². The summed E-state index contributed by atoms with van der Waals surface area (Å²) in [5.41, 5.74) is 0.101. The number of ketones is 1. The topological polar surface area (TPSA) is 37.4 Å². The van der Waals surface area contributed by atoms with Gasteiger partial charge in [0.2, 0.25) is 5.91 Å². The number of Topliss-reactive ketones (excluding diaryl/α,β-unsaturated/α-hetero) is 1. The van der Waals surface area contributed by atoms with Crippen LogP contribution in [0.2, 0.25) is 0 Å². The quantitative estimate of drug-likeness (QED) is 0.778. The molecule has 1 fully saturated rings. The van der Waals surface area contributed by atoms with E-state index in [1.165, 1.54) is 23.9 Å². The van der Waals surface area contributed by atoms with Crippen LogP contribution in [0.4, 0.5) is 4.39 Å². The molecule has 2 rings (SSSR count). The van der Waals surface area contributed by atoms with Crippen molar-refractivity contribution in [1.29, 1.82) is 0 Å². The summed E-state index contributed by atoms with van der Waals surface area (Å²) in [6.45, 7) is 1.64. The summed E-state index contributed by atoms with van der Waals surface area (Å²) in [4.78, 5) is 25.4. The number of halogens is 1. The molecule has 0 aliphatic carbocycles. The van der Waals surface area contributed by atoms with Crippen LogP contribution in [0.1, 0.15) is 23.2 Å². The van der Waals surface area contributed by atoms with Gasteiger partial charge in [-0.05, 0) is 25.0 Å². The summed E-state index contributed by atoms with van der Waals surface area (Å²) in [6, 6.07) is 5.93. The molecule has 1 aliphatic heterocycles. The largest absolute Gasteiger partial charge is 0.342 e. The Bertz CT molecular complexity index is 472. The van der Waals surface area contributed by atoms with Crippen LogP contribution in [0.5, 0.6) is 0 Å². The lowest BCUT2D eigenvalue weighted by molar-refractivity contribution is -0.127.